The first-order chi connectivity index (χ1) is 17.4. The lowest BCUT2D eigenvalue weighted by atomic mass is 10.0. The second-order valence-electron chi connectivity index (χ2n) is 9.86. The smallest absolute Gasteiger partial charge is 0.408 e. The van der Waals surface area contributed by atoms with Gasteiger partial charge in [-0.15, -0.1) is 0 Å². The van der Waals surface area contributed by atoms with E-state index in [0.717, 1.165) is 24.3 Å². The lowest BCUT2D eigenvalue weighted by molar-refractivity contribution is -0.121. The van der Waals surface area contributed by atoms with E-state index < -0.39 is 29.6 Å². The molecule has 1 atom stereocenters. The molecule has 3 N–H and O–H groups in total. The monoisotopic (exact) mass is 510 g/mol. The van der Waals surface area contributed by atoms with E-state index in [1.165, 1.54) is 24.3 Å². The first-order valence-electron chi connectivity index (χ1n) is 12.2. The van der Waals surface area contributed by atoms with Crippen LogP contribution >= 0.6 is 0 Å². The van der Waals surface area contributed by atoms with E-state index in [2.05, 4.69) is 15.5 Å². The number of carboxylic acid groups (broad SMARTS) is 1. The molecule has 3 rings (SSSR count). The molecule has 1 heterocycles. The van der Waals surface area contributed by atoms with E-state index in [4.69, 9.17) is 9.84 Å². The molecule has 10 nitrogen and oxygen atoms in total. The number of anilines is 2. The summed E-state index contributed by atoms with van der Waals surface area (Å²) in [6.07, 6.45) is -0.555. The number of nitrogens with zero attached hydrogens (tertiary/aromatic N) is 2. The molecule has 0 aromatic heterocycles. The molecule has 10 heteroatoms. The summed E-state index contributed by atoms with van der Waals surface area (Å²) < 4.78 is 5.33. The minimum absolute atomic E-state index is 0.0404. The number of likely N-dealkylation sites (N-methyl/N-ethyl adjacent to an activating group) is 1. The van der Waals surface area contributed by atoms with Crippen LogP contribution in [0.25, 0.3) is 0 Å². The molecule has 1 fully saturated rings. The quantitative estimate of drug-likeness (QED) is 0.498. The van der Waals surface area contributed by atoms with E-state index >= 15 is 0 Å². The molecule has 1 saturated heterocycles. The summed E-state index contributed by atoms with van der Waals surface area (Å²) in [5, 5.41) is 14.4. The van der Waals surface area contributed by atoms with Crippen LogP contribution in [-0.2, 0) is 20.7 Å². The van der Waals surface area contributed by atoms with Gasteiger partial charge in [-0.25, -0.2) is 9.59 Å². The molecule has 0 saturated carbocycles. The average Bonchev–Trinajstić information content (AvgIpc) is 2.83. The van der Waals surface area contributed by atoms with Gasteiger partial charge in [-0.05, 0) is 69.3 Å². The normalized spacial score (nSPS) is 15.1. The highest BCUT2D eigenvalue weighted by Crippen LogP contribution is 2.20. The molecular weight excluding hydrogens is 476 g/mol. The maximum Gasteiger partial charge on any atom is 0.408 e. The van der Waals surface area contributed by atoms with Crippen LogP contribution in [0.5, 0.6) is 0 Å². The van der Waals surface area contributed by atoms with Crippen molar-refractivity contribution >= 4 is 35.3 Å². The lowest BCUT2D eigenvalue weighted by Gasteiger charge is -2.33. The second-order valence-corrected chi connectivity index (χ2v) is 9.86. The van der Waals surface area contributed by atoms with Crippen molar-refractivity contribution in [2.24, 2.45) is 0 Å². The molecule has 2 aromatic carbocycles. The fourth-order valence-corrected chi connectivity index (χ4v) is 3.90. The minimum atomic E-state index is -1.07. The highest BCUT2D eigenvalue weighted by atomic mass is 16.6. The Bertz CT molecular complexity index is 1130. The maximum absolute atomic E-state index is 13.1. The van der Waals surface area contributed by atoms with Gasteiger partial charge in [-0.2, -0.15) is 0 Å². The van der Waals surface area contributed by atoms with Crippen LogP contribution in [0.1, 0.15) is 43.6 Å². The molecule has 1 aliphatic heterocycles. The number of alkyl carbamates (subject to hydrolysis) is 1. The van der Waals surface area contributed by atoms with Crippen molar-refractivity contribution < 1.29 is 29.0 Å². The third-order valence-electron chi connectivity index (χ3n) is 5.84. The largest absolute Gasteiger partial charge is 0.478 e. The van der Waals surface area contributed by atoms with Crippen molar-refractivity contribution in [1.82, 2.24) is 10.2 Å². The van der Waals surface area contributed by atoms with Crippen molar-refractivity contribution in [1.29, 1.82) is 0 Å². The number of hydrogen-bond acceptors (Lipinski definition) is 6. The minimum Gasteiger partial charge on any atom is -0.478 e. The second kappa shape index (κ2) is 11.9. The molecular formula is C27H34N4O6. The maximum atomic E-state index is 13.1. The van der Waals surface area contributed by atoms with Crippen LogP contribution in [0, 0.1) is 0 Å². The Morgan fingerprint density at radius 2 is 1.68 bits per heavy atom. The summed E-state index contributed by atoms with van der Waals surface area (Å²) >= 11 is 0. The number of amides is 3. The molecule has 2 aromatic rings. The van der Waals surface area contributed by atoms with Crippen molar-refractivity contribution in [2.45, 2.75) is 45.8 Å². The van der Waals surface area contributed by atoms with Crippen molar-refractivity contribution in [3.05, 3.63) is 59.7 Å². The van der Waals surface area contributed by atoms with Crippen LogP contribution in [0.3, 0.4) is 0 Å². The van der Waals surface area contributed by atoms with E-state index in [1.54, 1.807) is 25.7 Å². The van der Waals surface area contributed by atoms with Gasteiger partial charge in [0.15, 0.2) is 0 Å². The van der Waals surface area contributed by atoms with Gasteiger partial charge >= 0.3 is 12.1 Å². The molecule has 0 spiro atoms. The number of rotatable bonds is 8. The summed E-state index contributed by atoms with van der Waals surface area (Å²) in [5.41, 5.74) is 1.31. The van der Waals surface area contributed by atoms with Gasteiger partial charge in [0.25, 0.3) is 0 Å². The first kappa shape index (κ1) is 27.7. The zero-order valence-electron chi connectivity index (χ0n) is 21.6. The molecule has 0 radical (unpaired) electrons. The Morgan fingerprint density at radius 1 is 1.03 bits per heavy atom. The highest BCUT2D eigenvalue weighted by Gasteiger charge is 2.26. The number of carboxylic acids is 1. The Hall–Kier alpha value is -3.92. The van der Waals surface area contributed by atoms with E-state index in [0.29, 0.717) is 18.8 Å². The number of benzene rings is 2. The van der Waals surface area contributed by atoms with Gasteiger partial charge in [-0.1, -0.05) is 19.1 Å². The van der Waals surface area contributed by atoms with Crippen LogP contribution in [0.15, 0.2) is 48.5 Å². The van der Waals surface area contributed by atoms with E-state index in [-0.39, 0.29) is 17.9 Å². The average molecular weight is 511 g/mol. The molecule has 0 bridgehead atoms. The van der Waals surface area contributed by atoms with Gasteiger partial charge in [0.1, 0.15) is 11.6 Å². The van der Waals surface area contributed by atoms with Crippen LogP contribution in [-0.4, -0.2) is 71.7 Å². The summed E-state index contributed by atoms with van der Waals surface area (Å²) in [6, 6.07) is 12.1. The predicted molar refractivity (Wildman–Crippen MR) is 140 cm³/mol. The molecule has 198 valence electrons. The fourth-order valence-electron chi connectivity index (χ4n) is 3.90. The number of piperazine rings is 1. The Kier molecular flexibility index (Phi) is 8.88. The summed E-state index contributed by atoms with van der Waals surface area (Å²) in [5.74, 6) is -1.51. The number of hydrogen-bond donors (Lipinski definition) is 3. The molecule has 0 unspecified atom stereocenters. The Balaban J connectivity index is 1.73. The van der Waals surface area contributed by atoms with Crippen molar-refractivity contribution in [3.8, 4) is 0 Å². The number of carbonyl (C=O) groups is 4. The third-order valence-corrected chi connectivity index (χ3v) is 5.84. The summed E-state index contributed by atoms with van der Waals surface area (Å²) in [7, 11) is 0. The zero-order chi connectivity index (χ0) is 27.2. The number of carbonyl (C=O) groups excluding carboxylic acids is 3. The number of ether oxygens (including phenoxy) is 1. The van der Waals surface area contributed by atoms with Gasteiger partial charge in [-0.3, -0.25) is 14.5 Å². The van der Waals surface area contributed by atoms with Gasteiger partial charge in [0.05, 0.1) is 12.1 Å². The van der Waals surface area contributed by atoms with Gasteiger partial charge in [0.2, 0.25) is 11.8 Å². The first-order valence-corrected chi connectivity index (χ1v) is 12.2. The number of nitrogens with one attached hydrogen (secondary N) is 2. The highest BCUT2D eigenvalue weighted by molar-refractivity contribution is 5.97. The molecule has 1 aliphatic rings. The Morgan fingerprint density at radius 3 is 2.22 bits per heavy atom. The summed E-state index contributed by atoms with van der Waals surface area (Å²) in [6.45, 7) is 9.84. The molecule has 0 aliphatic carbocycles. The third kappa shape index (κ3) is 8.04. The van der Waals surface area contributed by atoms with Gasteiger partial charge in [0, 0.05) is 30.9 Å². The lowest BCUT2D eigenvalue weighted by Crippen LogP contribution is -2.50. The van der Waals surface area contributed by atoms with Crippen molar-refractivity contribution in [2.75, 3.05) is 36.4 Å². The van der Waals surface area contributed by atoms with Crippen LogP contribution in [0.2, 0.25) is 0 Å². The number of aromatic carboxylic acids is 1. The van der Waals surface area contributed by atoms with E-state index in [1.807, 2.05) is 31.2 Å². The fraction of sp³-hybridized carbons (Fsp3) is 0.407. The van der Waals surface area contributed by atoms with E-state index in [9.17, 15) is 19.2 Å². The summed E-state index contributed by atoms with van der Waals surface area (Å²) in [4.78, 5) is 53.0. The molecule has 3 amide bonds. The van der Waals surface area contributed by atoms with Crippen LogP contribution in [0.4, 0.5) is 16.2 Å². The topological polar surface area (TPSA) is 128 Å². The standard InChI is InChI=1S/C27H34N4O6/c1-5-30-14-15-31(23(32)17-30)21-12-6-18(7-13-21)16-22(29-26(36)37-27(2,3)4)24(33)28-20-10-8-19(9-11-20)25(34)35/h6-13,22H,5,14-17H2,1-4H3,(H,28,33)(H,29,36)(H,34,35)/t22-/m0/s1. The van der Waals surface area contributed by atoms with Crippen molar-refractivity contribution in [3.63, 3.8) is 0 Å². The Labute approximate surface area is 216 Å². The SMILES string of the molecule is CCN1CCN(c2ccc(C[C@H](NC(=O)OC(C)(C)C)C(=O)Nc3ccc(C(=O)O)cc3)cc2)C(=O)C1. The predicted octanol–water partition coefficient (Wildman–Crippen LogP) is 3.13. The van der Waals surface area contributed by atoms with Crippen LogP contribution < -0.4 is 15.5 Å². The molecule has 37 heavy (non-hydrogen) atoms. The zero-order valence-corrected chi connectivity index (χ0v) is 21.6. The van der Waals surface area contributed by atoms with Gasteiger partial charge < -0.3 is 25.4 Å².